The summed E-state index contributed by atoms with van der Waals surface area (Å²) in [4.78, 5) is 12.9. The van der Waals surface area contributed by atoms with Gasteiger partial charge in [-0.2, -0.15) is 5.26 Å². The van der Waals surface area contributed by atoms with Crippen LogP contribution in [0.15, 0.2) is 42.5 Å². The summed E-state index contributed by atoms with van der Waals surface area (Å²) in [7, 11) is 1.55. The monoisotopic (exact) mass is 366 g/mol. The maximum Gasteiger partial charge on any atom is 0.255 e. The summed E-state index contributed by atoms with van der Waals surface area (Å²) in [6.45, 7) is 2.82. The van der Waals surface area contributed by atoms with Crippen LogP contribution in [0.25, 0.3) is 0 Å². The van der Waals surface area contributed by atoms with E-state index < -0.39 is 0 Å². The molecular formula is C21H22N2O4. The number of methoxy groups -OCH3 is 1. The van der Waals surface area contributed by atoms with Crippen LogP contribution in [0, 0.1) is 18.3 Å². The highest BCUT2D eigenvalue weighted by atomic mass is 16.5. The van der Waals surface area contributed by atoms with Gasteiger partial charge in [-0.1, -0.05) is 12.1 Å². The van der Waals surface area contributed by atoms with Gasteiger partial charge in [0.15, 0.2) is 0 Å². The molecule has 2 atom stereocenters. The van der Waals surface area contributed by atoms with Crippen molar-refractivity contribution in [3.05, 3.63) is 59.2 Å². The number of nitrogens with zero attached hydrogens (tertiary/aromatic N) is 1. The van der Waals surface area contributed by atoms with Crippen LogP contribution in [0.2, 0.25) is 0 Å². The summed E-state index contributed by atoms with van der Waals surface area (Å²) < 4.78 is 16.9. The second kappa shape index (κ2) is 8.56. The molecule has 1 N–H and O–H groups in total. The number of hydrogen-bond donors (Lipinski definition) is 1. The average Bonchev–Trinajstić information content (AvgIpc) is 2.69. The lowest BCUT2D eigenvalue weighted by atomic mass is 10.0. The van der Waals surface area contributed by atoms with Crippen molar-refractivity contribution in [2.45, 2.75) is 25.5 Å². The molecule has 6 heteroatoms. The Bertz CT molecular complexity index is 842. The van der Waals surface area contributed by atoms with Gasteiger partial charge in [0.05, 0.1) is 37.0 Å². The van der Waals surface area contributed by atoms with Gasteiger partial charge in [-0.3, -0.25) is 4.79 Å². The molecule has 3 rings (SSSR count). The van der Waals surface area contributed by atoms with Gasteiger partial charge in [0.25, 0.3) is 5.91 Å². The first-order chi connectivity index (χ1) is 13.1. The smallest absolute Gasteiger partial charge is 0.255 e. The first-order valence-electron chi connectivity index (χ1n) is 8.81. The summed E-state index contributed by atoms with van der Waals surface area (Å²) in [6.07, 6.45) is 0.339. The molecule has 1 heterocycles. The van der Waals surface area contributed by atoms with E-state index >= 15 is 0 Å². The lowest BCUT2D eigenvalue weighted by molar-refractivity contribution is -0.0135. The van der Waals surface area contributed by atoms with Gasteiger partial charge in [-0.05, 0) is 49.2 Å². The molecule has 2 aromatic rings. The van der Waals surface area contributed by atoms with Crippen molar-refractivity contribution in [2.24, 2.45) is 0 Å². The highest BCUT2D eigenvalue weighted by molar-refractivity contribution is 5.98. The van der Waals surface area contributed by atoms with E-state index in [1.807, 2.05) is 19.1 Å². The largest absolute Gasteiger partial charge is 0.496 e. The molecule has 0 unspecified atom stereocenters. The van der Waals surface area contributed by atoms with Crippen molar-refractivity contribution < 1.29 is 19.0 Å². The fourth-order valence-electron chi connectivity index (χ4n) is 3.12. The Hall–Kier alpha value is -3.04. The summed E-state index contributed by atoms with van der Waals surface area (Å²) in [5.41, 5.74) is 1.95. The number of nitriles is 1. The van der Waals surface area contributed by atoms with Gasteiger partial charge < -0.3 is 19.5 Å². The van der Waals surface area contributed by atoms with Crippen molar-refractivity contribution in [1.82, 2.24) is 5.32 Å². The number of benzene rings is 2. The Kier molecular flexibility index (Phi) is 5.94. The number of nitrogens with one attached hydrogen (secondary N) is 1. The van der Waals surface area contributed by atoms with Crippen LogP contribution in [-0.4, -0.2) is 38.4 Å². The number of ether oxygens (including phenoxy) is 3. The van der Waals surface area contributed by atoms with Gasteiger partial charge in [0.1, 0.15) is 17.6 Å². The molecule has 1 aliphatic heterocycles. The molecule has 0 radical (unpaired) electrons. The van der Waals surface area contributed by atoms with Gasteiger partial charge in [0.2, 0.25) is 0 Å². The quantitative estimate of drug-likeness (QED) is 0.880. The molecule has 0 spiro atoms. The van der Waals surface area contributed by atoms with Crippen molar-refractivity contribution in [3.63, 3.8) is 0 Å². The zero-order chi connectivity index (χ0) is 19.2. The molecule has 1 aliphatic rings. The van der Waals surface area contributed by atoms with E-state index in [4.69, 9.17) is 19.5 Å². The molecule has 1 saturated heterocycles. The van der Waals surface area contributed by atoms with E-state index in [0.717, 1.165) is 5.56 Å². The number of aryl methyl sites for hydroxylation is 1. The Morgan fingerprint density at radius 2 is 2.04 bits per heavy atom. The van der Waals surface area contributed by atoms with Gasteiger partial charge in [-0.25, -0.2) is 0 Å². The molecular weight excluding hydrogens is 344 g/mol. The number of carbonyl (C=O) groups is 1. The standard InChI is InChI=1S/C21H22N2O4/c1-14-4-3-5-18(25-2)20(14)21(24)23-17-10-11-26-13-19(17)27-16-8-6-15(12-22)7-9-16/h3-9,17,19H,10-11,13H2,1-2H3,(H,23,24)/t17-,19-/m1/s1. The van der Waals surface area contributed by atoms with Crippen LogP contribution in [0.5, 0.6) is 11.5 Å². The van der Waals surface area contributed by atoms with Crippen LogP contribution in [0.4, 0.5) is 0 Å². The Morgan fingerprint density at radius 3 is 2.74 bits per heavy atom. The second-order valence-corrected chi connectivity index (χ2v) is 6.39. The van der Waals surface area contributed by atoms with Gasteiger partial charge in [0, 0.05) is 6.61 Å². The molecule has 0 aliphatic carbocycles. The Labute approximate surface area is 158 Å². The zero-order valence-electron chi connectivity index (χ0n) is 15.4. The minimum Gasteiger partial charge on any atom is -0.496 e. The predicted molar refractivity (Wildman–Crippen MR) is 100.0 cm³/mol. The third-order valence-electron chi connectivity index (χ3n) is 4.57. The van der Waals surface area contributed by atoms with E-state index in [-0.39, 0.29) is 18.1 Å². The number of rotatable bonds is 5. The second-order valence-electron chi connectivity index (χ2n) is 6.39. The van der Waals surface area contributed by atoms with Crippen LogP contribution in [-0.2, 0) is 4.74 Å². The first kappa shape index (κ1) is 18.7. The van der Waals surface area contributed by atoms with Crippen molar-refractivity contribution in [1.29, 1.82) is 5.26 Å². The highest BCUT2D eigenvalue weighted by Gasteiger charge is 2.30. The van der Waals surface area contributed by atoms with Crippen molar-refractivity contribution >= 4 is 5.91 Å². The maximum absolute atomic E-state index is 12.9. The molecule has 0 aromatic heterocycles. The molecule has 140 valence electrons. The third kappa shape index (κ3) is 4.39. The lowest BCUT2D eigenvalue weighted by Gasteiger charge is -2.32. The van der Waals surface area contributed by atoms with Crippen molar-refractivity contribution in [2.75, 3.05) is 20.3 Å². The third-order valence-corrected chi connectivity index (χ3v) is 4.57. The van der Waals surface area contributed by atoms with E-state index in [2.05, 4.69) is 11.4 Å². The van der Waals surface area contributed by atoms with E-state index in [9.17, 15) is 4.79 Å². The van der Waals surface area contributed by atoms with Crippen molar-refractivity contribution in [3.8, 4) is 17.6 Å². The van der Waals surface area contributed by atoms with Gasteiger partial charge in [-0.15, -0.1) is 0 Å². The summed E-state index contributed by atoms with van der Waals surface area (Å²) in [5.74, 6) is 0.992. The van der Waals surface area contributed by atoms with E-state index in [1.165, 1.54) is 0 Å². The molecule has 6 nitrogen and oxygen atoms in total. The number of amides is 1. The summed E-state index contributed by atoms with van der Waals surface area (Å²) in [6, 6.07) is 14.3. The SMILES string of the molecule is COc1cccc(C)c1C(=O)N[C@@H]1CCOC[C@H]1Oc1ccc(C#N)cc1. The first-order valence-corrected chi connectivity index (χ1v) is 8.81. The minimum absolute atomic E-state index is 0.189. The Balaban J connectivity index is 1.74. The number of hydrogen-bond acceptors (Lipinski definition) is 5. The van der Waals surface area contributed by atoms with Crippen LogP contribution in [0.3, 0.4) is 0 Å². The van der Waals surface area contributed by atoms with Crippen LogP contribution in [0.1, 0.15) is 27.9 Å². The fraction of sp³-hybridized carbons (Fsp3) is 0.333. The molecule has 1 amide bonds. The maximum atomic E-state index is 12.9. The molecule has 0 saturated carbocycles. The van der Waals surface area contributed by atoms with E-state index in [0.29, 0.717) is 42.3 Å². The van der Waals surface area contributed by atoms with Gasteiger partial charge >= 0.3 is 0 Å². The Morgan fingerprint density at radius 1 is 1.26 bits per heavy atom. The molecule has 2 aromatic carbocycles. The fourth-order valence-corrected chi connectivity index (χ4v) is 3.12. The molecule has 1 fully saturated rings. The molecule has 27 heavy (non-hydrogen) atoms. The summed E-state index contributed by atoms with van der Waals surface area (Å²) >= 11 is 0. The predicted octanol–water partition coefficient (Wildman–Crippen LogP) is 2.84. The zero-order valence-corrected chi connectivity index (χ0v) is 15.4. The van der Waals surface area contributed by atoms with E-state index in [1.54, 1.807) is 37.4 Å². The van der Waals surface area contributed by atoms with Crippen LogP contribution < -0.4 is 14.8 Å². The van der Waals surface area contributed by atoms with Crippen LogP contribution >= 0.6 is 0 Å². The highest BCUT2D eigenvalue weighted by Crippen LogP contribution is 2.23. The normalized spacial score (nSPS) is 19.0. The molecule has 0 bridgehead atoms. The average molecular weight is 366 g/mol. The topological polar surface area (TPSA) is 80.6 Å². The lowest BCUT2D eigenvalue weighted by Crippen LogP contribution is -2.51. The minimum atomic E-state index is -0.314. The summed E-state index contributed by atoms with van der Waals surface area (Å²) in [5, 5.41) is 12.0. The number of carbonyl (C=O) groups excluding carboxylic acids is 1.